The van der Waals surface area contributed by atoms with E-state index < -0.39 is 0 Å². The maximum Gasteiger partial charge on any atom is 0.0625 e. The third-order valence-corrected chi connectivity index (χ3v) is 2.71. The first-order valence-electron chi connectivity index (χ1n) is 4.59. The van der Waals surface area contributed by atoms with Crippen LogP contribution >= 0.6 is 11.8 Å². The van der Waals surface area contributed by atoms with Crippen molar-refractivity contribution in [3.05, 3.63) is 41.3 Å². The molecule has 1 rings (SSSR count). The summed E-state index contributed by atoms with van der Waals surface area (Å²) in [5.41, 5.74) is 0. The molecule has 0 spiro atoms. The van der Waals surface area contributed by atoms with E-state index >= 15 is 0 Å². The molecule has 0 bridgehead atoms. The fourth-order valence-corrected chi connectivity index (χ4v) is 1.92. The van der Waals surface area contributed by atoms with Gasteiger partial charge in [-0.3, -0.25) is 0 Å². The zero-order valence-corrected chi connectivity index (χ0v) is 9.05. The molecule has 0 aliphatic heterocycles. The van der Waals surface area contributed by atoms with Gasteiger partial charge in [0.15, 0.2) is 0 Å². The minimum absolute atomic E-state index is 0.604. The highest BCUT2D eigenvalue weighted by Gasteiger charge is 1.93. The van der Waals surface area contributed by atoms with Gasteiger partial charge in [0.1, 0.15) is 0 Å². The first kappa shape index (κ1) is 10.9. The molecule has 0 aromatic heterocycles. The monoisotopic (exact) mass is 203 g/mol. The van der Waals surface area contributed by atoms with Crippen molar-refractivity contribution in [1.29, 1.82) is 5.26 Å². The van der Waals surface area contributed by atoms with Crippen LogP contribution in [0.1, 0.15) is 19.8 Å². The van der Waals surface area contributed by atoms with Crippen molar-refractivity contribution in [2.24, 2.45) is 0 Å². The second-order valence-electron chi connectivity index (χ2n) is 2.93. The van der Waals surface area contributed by atoms with Crippen molar-refractivity contribution in [3.63, 3.8) is 0 Å². The molecule has 0 saturated heterocycles. The summed E-state index contributed by atoms with van der Waals surface area (Å²) in [7, 11) is 0. The molecule has 0 aliphatic carbocycles. The molecule has 1 nitrogen and oxygen atoms in total. The third-order valence-electron chi connectivity index (χ3n) is 1.71. The second kappa shape index (κ2) is 6.28. The van der Waals surface area contributed by atoms with E-state index in [9.17, 15) is 0 Å². The molecule has 72 valence electrons. The van der Waals surface area contributed by atoms with Crippen molar-refractivity contribution < 1.29 is 0 Å². The van der Waals surface area contributed by atoms with Crippen LogP contribution in [0.3, 0.4) is 0 Å². The lowest BCUT2D eigenvalue weighted by atomic mass is 10.3. The summed E-state index contributed by atoms with van der Waals surface area (Å²) in [6.45, 7) is 2.08. The Balaban J connectivity index is 2.45. The highest BCUT2D eigenvalue weighted by molar-refractivity contribution is 8.03. The van der Waals surface area contributed by atoms with Gasteiger partial charge in [-0.15, -0.1) is 0 Å². The molecule has 14 heavy (non-hydrogen) atoms. The maximum absolute atomic E-state index is 8.38. The minimum atomic E-state index is 0.604. The molecular formula is C12H13NS. The predicted molar refractivity (Wildman–Crippen MR) is 60.9 cm³/mol. The Morgan fingerprint density at radius 2 is 2.14 bits per heavy atom. The standard InChI is InChI=1S/C12H13NS/c1-11(7-5-6-10-13)14-12-8-3-2-4-9-12/h2-4,7-9H,5-6H2,1H3/b11-7+. The number of rotatable bonds is 4. The van der Waals surface area contributed by atoms with Gasteiger partial charge in [0.2, 0.25) is 0 Å². The quantitative estimate of drug-likeness (QED) is 0.546. The molecule has 0 unspecified atom stereocenters. The maximum atomic E-state index is 8.38. The minimum Gasteiger partial charge on any atom is -0.198 e. The second-order valence-corrected chi connectivity index (χ2v) is 4.25. The largest absolute Gasteiger partial charge is 0.198 e. The molecule has 0 aliphatic rings. The molecular weight excluding hydrogens is 190 g/mol. The SMILES string of the molecule is C/C(=C\CCC#N)Sc1ccccc1. The van der Waals surface area contributed by atoms with Crippen LogP contribution in [-0.2, 0) is 0 Å². The van der Waals surface area contributed by atoms with Crippen molar-refractivity contribution in [1.82, 2.24) is 0 Å². The van der Waals surface area contributed by atoms with E-state index in [1.807, 2.05) is 18.2 Å². The van der Waals surface area contributed by atoms with E-state index in [1.54, 1.807) is 11.8 Å². The van der Waals surface area contributed by atoms with E-state index in [2.05, 4.69) is 31.2 Å². The number of hydrogen-bond acceptors (Lipinski definition) is 2. The molecule has 0 saturated carbocycles. The number of thioether (sulfide) groups is 1. The number of benzene rings is 1. The van der Waals surface area contributed by atoms with Crippen LogP contribution in [0.2, 0.25) is 0 Å². The zero-order chi connectivity index (χ0) is 10.2. The summed E-state index contributed by atoms with van der Waals surface area (Å²) in [6, 6.07) is 12.4. The van der Waals surface area contributed by atoms with Gasteiger partial charge in [0.05, 0.1) is 6.07 Å². The zero-order valence-electron chi connectivity index (χ0n) is 8.23. The fourth-order valence-electron chi connectivity index (χ4n) is 1.06. The number of nitriles is 1. The molecule has 0 amide bonds. The van der Waals surface area contributed by atoms with Gasteiger partial charge in [-0.25, -0.2) is 0 Å². The Kier molecular flexibility index (Phi) is 4.88. The van der Waals surface area contributed by atoms with Gasteiger partial charge in [-0.1, -0.05) is 36.0 Å². The Bertz CT molecular complexity index is 335. The molecule has 0 fully saturated rings. The lowest BCUT2D eigenvalue weighted by Crippen LogP contribution is -1.72. The van der Waals surface area contributed by atoms with Crippen LogP contribution in [-0.4, -0.2) is 0 Å². The van der Waals surface area contributed by atoms with Crippen LogP contribution in [0.4, 0.5) is 0 Å². The molecule has 0 N–H and O–H groups in total. The first-order valence-corrected chi connectivity index (χ1v) is 5.41. The molecule has 2 heteroatoms. The van der Waals surface area contributed by atoms with Gasteiger partial charge in [-0.05, 0) is 30.4 Å². The molecule has 1 aromatic rings. The van der Waals surface area contributed by atoms with E-state index in [0.29, 0.717) is 6.42 Å². The van der Waals surface area contributed by atoms with E-state index in [4.69, 9.17) is 5.26 Å². The Hall–Kier alpha value is -1.20. The van der Waals surface area contributed by atoms with Crippen LogP contribution < -0.4 is 0 Å². The third kappa shape index (κ3) is 4.15. The van der Waals surface area contributed by atoms with Gasteiger partial charge in [0, 0.05) is 11.3 Å². The van der Waals surface area contributed by atoms with E-state index in [1.165, 1.54) is 9.80 Å². The molecule has 0 heterocycles. The lowest BCUT2D eigenvalue weighted by molar-refractivity contribution is 1.06. The number of unbranched alkanes of at least 4 members (excludes halogenated alkanes) is 1. The summed E-state index contributed by atoms with van der Waals surface area (Å²) in [5, 5.41) is 8.38. The fraction of sp³-hybridized carbons (Fsp3) is 0.250. The summed E-state index contributed by atoms with van der Waals surface area (Å²) in [4.78, 5) is 2.50. The molecule has 0 atom stereocenters. The Labute approximate surface area is 89.4 Å². The van der Waals surface area contributed by atoms with Gasteiger partial charge < -0.3 is 0 Å². The average Bonchev–Trinajstić information content (AvgIpc) is 2.20. The number of nitrogens with zero attached hydrogens (tertiary/aromatic N) is 1. The van der Waals surface area contributed by atoms with Crippen LogP contribution in [0.15, 0.2) is 46.2 Å². The molecule has 1 aromatic carbocycles. The molecule has 0 radical (unpaired) electrons. The summed E-state index contributed by atoms with van der Waals surface area (Å²) >= 11 is 1.75. The summed E-state index contributed by atoms with van der Waals surface area (Å²) < 4.78 is 0. The normalized spacial score (nSPS) is 11.0. The van der Waals surface area contributed by atoms with E-state index in [-0.39, 0.29) is 0 Å². The topological polar surface area (TPSA) is 23.8 Å². The number of allylic oxidation sites excluding steroid dienone is 2. The van der Waals surface area contributed by atoms with Crippen LogP contribution in [0.5, 0.6) is 0 Å². The van der Waals surface area contributed by atoms with Gasteiger partial charge >= 0.3 is 0 Å². The summed E-state index contributed by atoms with van der Waals surface area (Å²) in [6.07, 6.45) is 3.57. The van der Waals surface area contributed by atoms with Crippen molar-refractivity contribution in [2.75, 3.05) is 0 Å². The van der Waals surface area contributed by atoms with Crippen molar-refractivity contribution >= 4 is 11.8 Å². The van der Waals surface area contributed by atoms with Crippen LogP contribution in [0.25, 0.3) is 0 Å². The predicted octanol–water partition coefficient (Wildman–Crippen LogP) is 3.99. The van der Waals surface area contributed by atoms with Gasteiger partial charge in [0.25, 0.3) is 0 Å². The lowest BCUT2D eigenvalue weighted by Gasteiger charge is -2.00. The smallest absolute Gasteiger partial charge is 0.0625 e. The van der Waals surface area contributed by atoms with Gasteiger partial charge in [-0.2, -0.15) is 5.26 Å². The van der Waals surface area contributed by atoms with Crippen LogP contribution in [0, 0.1) is 11.3 Å². The van der Waals surface area contributed by atoms with E-state index in [0.717, 1.165) is 6.42 Å². The highest BCUT2D eigenvalue weighted by Crippen LogP contribution is 2.25. The Morgan fingerprint density at radius 1 is 1.43 bits per heavy atom. The average molecular weight is 203 g/mol. The highest BCUT2D eigenvalue weighted by atomic mass is 32.2. The Morgan fingerprint density at radius 3 is 2.79 bits per heavy atom. The number of hydrogen-bond donors (Lipinski definition) is 0. The first-order chi connectivity index (χ1) is 6.83. The summed E-state index contributed by atoms with van der Waals surface area (Å²) in [5.74, 6) is 0. The van der Waals surface area contributed by atoms with Crippen molar-refractivity contribution in [2.45, 2.75) is 24.7 Å². The van der Waals surface area contributed by atoms with Crippen molar-refractivity contribution in [3.8, 4) is 6.07 Å².